The molecular weight excluding hydrogens is 648 g/mol. The van der Waals surface area contributed by atoms with Gasteiger partial charge in [0, 0.05) is 29.1 Å². The smallest absolute Gasteiger partial charge is 0.248 e. The van der Waals surface area contributed by atoms with Crippen molar-refractivity contribution in [1.29, 1.82) is 0 Å². The molecule has 218 valence electrons. The fraction of sp³-hybridized carbons (Fsp3) is 0.0370. The minimum atomic E-state index is -0.694. The number of hydrogen-bond donors (Lipinski definition) is 3. The molecule has 0 aliphatic carbocycles. The molecule has 0 amide bonds. The summed E-state index contributed by atoms with van der Waals surface area (Å²) in [5.74, 6) is -0.242. The number of aromatic amines is 1. The van der Waals surface area contributed by atoms with E-state index in [0.29, 0.717) is 39.3 Å². The molecule has 0 radical (unpaired) electrons. The van der Waals surface area contributed by atoms with Gasteiger partial charge in [0.05, 0.1) is 55.8 Å². The molecule has 0 aliphatic rings. The normalized spacial score (nSPS) is 10.8. The van der Waals surface area contributed by atoms with Crippen molar-refractivity contribution in [2.45, 2.75) is 0 Å². The van der Waals surface area contributed by atoms with E-state index in [4.69, 9.17) is 51.1 Å². The van der Waals surface area contributed by atoms with Crippen LogP contribution < -0.4 is 20.9 Å². The minimum Gasteiger partial charge on any atom is -0.481 e. The maximum Gasteiger partial charge on any atom is 0.248 e. The highest BCUT2D eigenvalue weighted by molar-refractivity contribution is 6.42. The van der Waals surface area contributed by atoms with E-state index in [1.54, 1.807) is 12.3 Å². The predicted octanol–water partition coefficient (Wildman–Crippen LogP) is 7.73. The van der Waals surface area contributed by atoms with Crippen molar-refractivity contribution >= 4 is 91.2 Å². The van der Waals surface area contributed by atoms with Gasteiger partial charge in [-0.25, -0.2) is 33.7 Å². The second kappa shape index (κ2) is 12.9. The summed E-state index contributed by atoms with van der Waals surface area (Å²) in [5, 5.41) is 6.70. The first-order valence-corrected chi connectivity index (χ1v) is 13.5. The molecular formula is C27H16Cl4F2N8O2. The van der Waals surface area contributed by atoms with Gasteiger partial charge in [0.25, 0.3) is 0 Å². The number of benzene rings is 2. The number of H-pyrrole nitrogens is 1. The second-order valence-electron chi connectivity index (χ2n) is 8.48. The van der Waals surface area contributed by atoms with Crippen molar-refractivity contribution in [2.24, 2.45) is 0 Å². The van der Waals surface area contributed by atoms with Gasteiger partial charge in [-0.05, 0) is 24.3 Å². The standard InChI is InChI=1S/C14H9Cl2FN4O.C13H7Cl2FN4O/c1-22-11-4-7-10(5-18-11)19-6-20-14(7)21-9-3-2-8(15)12(16)13(9)17;14-7-1-2-8(12(16)11(7)15)20-13-6-3-10(21)17-4-9(6)18-5-19-13/h2-6H,1H3,(H,19,20,21);1-5H,(H,17,21)(H,18,19,20). The molecule has 0 spiro atoms. The van der Waals surface area contributed by atoms with E-state index < -0.39 is 11.6 Å². The topological polar surface area (TPSA) is 131 Å². The van der Waals surface area contributed by atoms with Gasteiger partial charge in [-0.15, -0.1) is 0 Å². The van der Waals surface area contributed by atoms with Crippen molar-refractivity contribution in [1.82, 2.24) is 29.9 Å². The maximum absolute atomic E-state index is 14.1. The molecule has 0 unspecified atom stereocenters. The van der Waals surface area contributed by atoms with Crippen LogP contribution in [-0.4, -0.2) is 37.0 Å². The molecule has 2 aromatic carbocycles. The van der Waals surface area contributed by atoms with E-state index in [2.05, 4.69) is 40.5 Å². The number of fused-ring (bicyclic) bond motifs is 2. The van der Waals surface area contributed by atoms with Crippen LogP contribution in [0.5, 0.6) is 5.88 Å². The van der Waals surface area contributed by atoms with Gasteiger partial charge in [0.1, 0.15) is 24.3 Å². The summed E-state index contributed by atoms with van der Waals surface area (Å²) < 4.78 is 33.3. The average molecular weight is 664 g/mol. The Morgan fingerprint density at radius 3 is 1.84 bits per heavy atom. The molecule has 0 saturated heterocycles. The lowest BCUT2D eigenvalue weighted by Crippen LogP contribution is -2.05. The molecule has 0 fully saturated rings. The Kier molecular flexibility index (Phi) is 9.02. The SMILES string of the molecule is COc1cc2c(Nc3ccc(Cl)c(Cl)c3F)ncnc2cn1.O=c1cc2c(Nc3ccc(Cl)c(Cl)c3F)ncnc2c[nH]1. The first-order chi connectivity index (χ1) is 20.7. The fourth-order valence-corrected chi connectivity index (χ4v) is 4.35. The Hall–Kier alpha value is -4.36. The van der Waals surface area contributed by atoms with Crippen LogP contribution in [0.1, 0.15) is 0 Å². The minimum absolute atomic E-state index is 0.102. The van der Waals surface area contributed by atoms with Gasteiger partial charge in [-0.1, -0.05) is 46.4 Å². The van der Waals surface area contributed by atoms with Crippen LogP contribution in [0, 0.1) is 11.6 Å². The number of methoxy groups -OCH3 is 1. The van der Waals surface area contributed by atoms with Crippen LogP contribution in [0.4, 0.5) is 31.8 Å². The average Bonchev–Trinajstić information content (AvgIpc) is 3.02. The Bertz CT molecular complexity index is 2050. The molecule has 3 N–H and O–H groups in total. The lowest BCUT2D eigenvalue weighted by Gasteiger charge is -2.11. The highest BCUT2D eigenvalue weighted by Crippen LogP contribution is 2.34. The summed E-state index contributed by atoms with van der Waals surface area (Å²) in [7, 11) is 1.50. The molecule has 6 rings (SSSR count). The summed E-state index contributed by atoms with van der Waals surface area (Å²) in [6, 6.07) is 8.87. The second-order valence-corrected chi connectivity index (χ2v) is 10.1. The maximum atomic E-state index is 14.1. The van der Waals surface area contributed by atoms with Crippen LogP contribution >= 0.6 is 46.4 Å². The lowest BCUT2D eigenvalue weighted by atomic mass is 10.2. The largest absolute Gasteiger partial charge is 0.481 e. The summed E-state index contributed by atoms with van der Waals surface area (Å²) in [4.78, 5) is 34.2. The van der Waals surface area contributed by atoms with Crippen LogP contribution in [0.25, 0.3) is 21.8 Å². The third kappa shape index (κ3) is 6.52. The summed E-state index contributed by atoms with van der Waals surface area (Å²) in [6.07, 6.45) is 5.66. The number of pyridine rings is 2. The molecule has 4 aromatic heterocycles. The zero-order valence-electron chi connectivity index (χ0n) is 21.6. The number of nitrogens with one attached hydrogen (secondary N) is 3. The van der Waals surface area contributed by atoms with E-state index in [9.17, 15) is 13.6 Å². The van der Waals surface area contributed by atoms with Crippen molar-refractivity contribution < 1.29 is 13.5 Å². The summed E-state index contributed by atoms with van der Waals surface area (Å²) in [5.41, 5.74) is 1.07. The number of anilines is 4. The first kappa shape index (κ1) is 30.1. The molecule has 0 bridgehead atoms. The van der Waals surface area contributed by atoms with Crippen LogP contribution in [0.15, 0.2) is 66.2 Å². The zero-order valence-corrected chi connectivity index (χ0v) is 24.6. The van der Waals surface area contributed by atoms with Crippen molar-refractivity contribution in [2.75, 3.05) is 17.7 Å². The van der Waals surface area contributed by atoms with Crippen LogP contribution in [-0.2, 0) is 0 Å². The van der Waals surface area contributed by atoms with Crippen molar-refractivity contribution in [3.63, 3.8) is 0 Å². The Labute approximate surface area is 261 Å². The molecule has 0 aliphatic heterocycles. The van der Waals surface area contributed by atoms with Gasteiger partial charge in [-0.2, -0.15) is 0 Å². The van der Waals surface area contributed by atoms with Gasteiger partial charge in [-0.3, -0.25) is 4.79 Å². The molecule has 16 heteroatoms. The summed E-state index contributed by atoms with van der Waals surface area (Å²) in [6.45, 7) is 0. The molecule has 0 atom stereocenters. The highest BCUT2D eigenvalue weighted by Gasteiger charge is 2.14. The van der Waals surface area contributed by atoms with Crippen LogP contribution in [0.2, 0.25) is 20.1 Å². The molecule has 0 saturated carbocycles. The van der Waals surface area contributed by atoms with Crippen molar-refractivity contribution in [3.8, 4) is 5.88 Å². The molecule has 6 aromatic rings. The number of hydrogen-bond acceptors (Lipinski definition) is 9. The number of ether oxygens (including phenoxy) is 1. The Morgan fingerprint density at radius 1 is 0.744 bits per heavy atom. The fourth-order valence-electron chi connectivity index (χ4n) is 3.73. The lowest BCUT2D eigenvalue weighted by molar-refractivity contribution is 0.398. The van der Waals surface area contributed by atoms with Gasteiger partial charge >= 0.3 is 0 Å². The molecule has 43 heavy (non-hydrogen) atoms. The van der Waals surface area contributed by atoms with E-state index in [-0.39, 0.29) is 37.0 Å². The van der Waals surface area contributed by atoms with Crippen LogP contribution in [0.3, 0.4) is 0 Å². The predicted molar refractivity (Wildman–Crippen MR) is 163 cm³/mol. The third-order valence-corrected chi connectivity index (χ3v) is 7.39. The van der Waals surface area contributed by atoms with E-state index in [1.807, 2.05) is 0 Å². The first-order valence-electron chi connectivity index (χ1n) is 12.0. The van der Waals surface area contributed by atoms with E-state index in [0.717, 1.165) is 0 Å². The van der Waals surface area contributed by atoms with Gasteiger partial charge in [0.15, 0.2) is 11.6 Å². The van der Waals surface area contributed by atoms with E-state index in [1.165, 1.54) is 56.3 Å². The third-order valence-electron chi connectivity index (χ3n) is 5.82. The van der Waals surface area contributed by atoms with Gasteiger partial charge < -0.3 is 20.4 Å². The quantitative estimate of drug-likeness (QED) is 0.159. The summed E-state index contributed by atoms with van der Waals surface area (Å²) >= 11 is 23.1. The molecule has 4 heterocycles. The number of rotatable bonds is 5. The highest BCUT2D eigenvalue weighted by atomic mass is 35.5. The molecule has 10 nitrogen and oxygen atoms in total. The monoisotopic (exact) mass is 662 g/mol. The van der Waals surface area contributed by atoms with Crippen molar-refractivity contribution in [3.05, 3.63) is 104 Å². The van der Waals surface area contributed by atoms with Gasteiger partial charge in [0.2, 0.25) is 11.4 Å². The Morgan fingerprint density at radius 2 is 1.28 bits per heavy atom. The number of nitrogens with zero attached hydrogens (tertiary/aromatic N) is 5. The zero-order chi connectivity index (χ0) is 30.7. The van der Waals surface area contributed by atoms with E-state index >= 15 is 0 Å². The Balaban J connectivity index is 0.000000171. The number of halogens is 6. The number of aromatic nitrogens is 6.